The number of Topliss-reactive ketones (excluding diaryl/α,β-unsaturated/α-hetero) is 1. The number of benzene rings is 1. The van der Waals surface area contributed by atoms with Crippen LogP contribution in [0.15, 0.2) is 24.3 Å². The van der Waals surface area contributed by atoms with Crippen LogP contribution in [-0.2, 0) is 9.47 Å². The van der Waals surface area contributed by atoms with Crippen LogP contribution in [0.4, 0.5) is 18.0 Å². The van der Waals surface area contributed by atoms with E-state index in [0.29, 0.717) is 31.7 Å². The van der Waals surface area contributed by atoms with Crippen LogP contribution in [0, 0.1) is 0 Å². The average Bonchev–Trinajstić information content (AvgIpc) is 2.60. The molecule has 1 saturated heterocycles. The van der Waals surface area contributed by atoms with Gasteiger partial charge in [0.05, 0.1) is 0 Å². The molecule has 1 aromatic rings. The summed E-state index contributed by atoms with van der Waals surface area (Å²) >= 11 is 0. The van der Waals surface area contributed by atoms with Crippen LogP contribution in [0.5, 0.6) is 5.75 Å². The second-order valence-corrected chi connectivity index (χ2v) is 7.84. The van der Waals surface area contributed by atoms with Crippen molar-refractivity contribution < 1.29 is 37.0 Å². The molecule has 0 radical (unpaired) electrons. The zero-order chi connectivity index (χ0) is 21.7. The Kier molecular flexibility index (Phi) is 7.51. The Morgan fingerprint density at radius 3 is 2.17 bits per heavy atom. The van der Waals surface area contributed by atoms with Gasteiger partial charge in [-0.15, -0.1) is 0 Å². The van der Waals surface area contributed by atoms with Crippen molar-refractivity contribution in [3.8, 4) is 5.75 Å². The van der Waals surface area contributed by atoms with E-state index in [9.17, 15) is 22.8 Å². The SMILES string of the molecule is CC(C)(C)OC(=O)N1CCC(Oc2ccc(C(=O)COCC(F)(F)F)cc2)CC1. The van der Waals surface area contributed by atoms with Crippen LogP contribution >= 0.6 is 0 Å². The summed E-state index contributed by atoms with van der Waals surface area (Å²) in [5.74, 6) is 0.0138. The number of piperidine rings is 1. The van der Waals surface area contributed by atoms with Crippen molar-refractivity contribution in [2.45, 2.75) is 51.5 Å². The molecule has 0 aromatic heterocycles. The molecule has 0 N–H and O–H groups in total. The number of rotatable bonds is 6. The van der Waals surface area contributed by atoms with Gasteiger partial charge in [0, 0.05) is 31.5 Å². The molecule has 0 spiro atoms. The molecule has 0 saturated carbocycles. The quantitative estimate of drug-likeness (QED) is 0.649. The van der Waals surface area contributed by atoms with Gasteiger partial charge in [-0.25, -0.2) is 4.79 Å². The average molecular weight is 417 g/mol. The second kappa shape index (κ2) is 9.47. The molecule has 0 unspecified atom stereocenters. The summed E-state index contributed by atoms with van der Waals surface area (Å²) in [4.78, 5) is 25.6. The van der Waals surface area contributed by atoms with Crippen LogP contribution in [0.1, 0.15) is 44.0 Å². The number of nitrogens with zero attached hydrogens (tertiary/aromatic N) is 1. The van der Waals surface area contributed by atoms with Gasteiger partial charge in [-0.1, -0.05) is 0 Å². The van der Waals surface area contributed by atoms with E-state index in [1.54, 1.807) is 17.0 Å². The number of carbonyl (C=O) groups excluding carboxylic acids is 2. The van der Waals surface area contributed by atoms with Gasteiger partial charge < -0.3 is 19.1 Å². The molecule has 2 rings (SSSR count). The highest BCUT2D eigenvalue weighted by Crippen LogP contribution is 2.21. The van der Waals surface area contributed by atoms with Crippen LogP contribution < -0.4 is 4.74 Å². The maximum absolute atomic E-state index is 12.1. The lowest BCUT2D eigenvalue weighted by Crippen LogP contribution is -2.44. The third-order valence-electron chi connectivity index (χ3n) is 4.07. The maximum Gasteiger partial charge on any atom is 0.411 e. The zero-order valence-corrected chi connectivity index (χ0v) is 16.8. The van der Waals surface area contributed by atoms with E-state index < -0.39 is 30.8 Å². The van der Waals surface area contributed by atoms with Crippen molar-refractivity contribution >= 4 is 11.9 Å². The van der Waals surface area contributed by atoms with Gasteiger partial charge in [0.25, 0.3) is 0 Å². The molecular weight excluding hydrogens is 391 g/mol. The Morgan fingerprint density at radius 2 is 1.66 bits per heavy atom. The van der Waals surface area contributed by atoms with E-state index in [4.69, 9.17) is 9.47 Å². The Labute approximate surface area is 167 Å². The van der Waals surface area contributed by atoms with Crippen LogP contribution in [-0.4, -0.2) is 61.0 Å². The largest absolute Gasteiger partial charge is 0.490 e. The molecule has 1 heterocycles. The standard InChI is InChI=1S/C20H26F3NO5/c1-19(2,3)29-18(26)24-10-8-16(9-11-24)28-15-6-4-14(5-7-15)17(25)12-27-13-20(21,22)23/h4-7,16H,8-13H2,1-3H3. The van der Waals surface area contributed by atoms with Gasteiger partial charge in [0.2, 0.25) is 0 Å². The van der Waals surface area contributed by atoms with Gasteiger partial charge in [0.15, 0.2) is 5.78 Å². The number of alkyl halides is 3. The topological polar surface area (TPSA) is 65.1 Å². The first-order valence-electron chi connectivity index (χ1n) is 9.35. The third-order valence-corrected chi connectivity index (χ3v) is 4.07. The number of carbonyl (C=O) groups is 2. The number of ketones is 1. The minimum atomic E-state index is -4.46. The number of halogens is 3. The van der Waals surface area contributed by atoms with Crippen molar-refractivity contribution in [2.75, 3.05) is 26.3 Å². The fourth-order valence-corrected chi connectivity index (χ4v) is 2.74. The number of amides is 1. The van der Waals surface area contributed by atoms with Crippen LogP contribution in [0.2, 0.25) is 0 Å². The number of ether oxygens (including phenoxy) is 3. The fourth-order valence-electron chi connectivity index (χ4n) is 2.74. The molecule has 6 nitrogen and oxygen atoms in total. The molecular formula is C20H26F3NO5. The lowest BCUT2D eigenvalue weighted by Gasteiger charge is -2.33. The summed E-state index contributed by atoms with van der Waals surface area (Å²) in [5.41, 5.74) is -0.291. The van der Waals surface area contributed by atoms with Gasteiger partial charge in [-0.2, -0.15) is 13.2 Å². The molecule has 0 aliphatic carbocycles. The van der Waals surface area contributed by atoms with Crippen LogP contribution in [0.25, 0.3) is 0 Å². The van der Waals surface area contributed by atoms with Crippen molar-refractivity contribution in [3.63, 3.8) is 0 Å². The number of likely N-dealkylation sites (tertiary alicyclic amines) is 1. The molecule has 0 bridgehead atoms. The van der Waals surface area contributed by atoms with Gasteiger partial charge in [0.1, 0.15) is 30.7 Å². The zero-order valence-electron chi connectivity index (χ0n) is 16.8. The van der Waals surface area contributed by atoms with Crippen molar-refractivity contribution in [2.24, 2.45) is 0 Å². The summed E-state index contributed by atoms with van der Waals surface area (Å²) in [6, 6.07) is 6.17. The summed E-state index contributed by atoms with van der Waals surface area (Å²) in [6.45, 7) is 4.40. The second-order valence-electron chi connectivity index (χ2n) is 7.84. The summed E-state index contributed by atoms with van der Waals surface area (Å²) in [6.07, 6.45) is -3.59. The predicted molar refractivity (Wildman–Crippen MR) is 99.1 cm³/mol. The minimum Gasteiger partial charge on any atom is -0.490 e. The monoisotopic (exact) mass is 417 g/mol. The van der Waals surface area contributed by atoms with E-state index in [0.717, 1.165) is 0 Å². The summed E-state index contributed by atoms with van der Waals surface area (Å²) in [7, 11) is 0. The molecule has 9 heteroatoms. The number of hydrogen-bond donors (Lipinski definition) is 0. The number of hydrogen-bond acceptors (Lipinski definition) is 5. The normalized spacial score (nSPS) is 15.9. The molecule has 1 aliphatic heterocycles. The van der Waals surface area contributed by atoms with Gasteiger partial charge in [-0.3, -0.25) is 4.79 Å². The molecule has 1 fully saturated rings. The van der Waals surface area contributed by atoms with Crippen molar-refractivity contribution in [3.05, 3.63) is 29.8 Å². The highest BCUT2D eigenvalue weighted by molar-refractivity contribution is 5.97. The molecule has 1 aromatic carbocycles. The maximum atomic E-state index is 12.1. The Morgan fingerprint density at radius 1 is 1.07 bits per heavy atom. The van der Waals surface area contributed by atoms with E-state index >= 15 is 0 Å². The lowest BCUT2D eigenvalue weighted by atomic mass is 10.1. The molecule has 162 valence electrons. The Balaban J connectivity index is 1.78. The van der Waals surface area contributed by atoms with Gasteiger partial charge >= 0.3 is 12.3 Å². The smallest absolute Gasteiger partial charge is 0.411 e. The predicted octanol–water partition coefficient (Wildman–Crippen LogP) is 4.23. The van der Waals surface area contributed by atoms with Crippen LogP contribution in [0.3, 0.4) is 0 Å². The minimum absolute atomic E-state index is 0.0784. The van der Waals surface area contributed by atoms with E-state index in [1.807, 2.05) is 20.8 Å². The highest BCUT2D eigenvalue weighted by atomic mass is 19.4. The van der Waals surface area contributed by atoms with E-state index in [1.165, 1.54) is 12.1 Å². The molecule has 0 atom stereocenters. The third kappa shape index (κ3) is 8.31. The molecule has 29 heavy (non-hydrogen) atoms. The van der Waals surface area contributed by atoms with Crippen molar-refractivity contribution in [1.29, 1.82) is 0 Å². The highest BCUT2D eigenvalue weighted by Gasteiger charge is 2.28. The molecule has 1 aliphatic rings. The summed E-state index contributed by atoms with van der Waals surface area (Å²) in [5, 5.41) is 0. The van der Waals surface area contributed by atoms with E-state index in [-0.39, 0.29) is 17.8 Å². The first kappa shape index (κ1) is 23.0. The Bertz CT molecular complexity index is 690. The summed E-state index contributed by atoms with van der Waals surface area (Å²) < 4.78 is 51.7. The Hall–Kier alpha value is -2.29. The van der Waals surface area contributed by atoms with Crippen molar-refractivity contribution in [1.82, 2.24) is 4.90 Å². The first-order chi connectivity index (χ1) is 13.4. The lowest BCUT2D eigenvalue weighted by molar-refractivity contribution is -0.170. The first-order valence-corrected chi connectivity index (χ1v) is 9.35. The fraction of sp³-hybridized carbons (Fsp3) is 0.600. The van der Waals surface area contributed by atoms with Gasteiger partial charge in [-0.05, 0) is 45.0 Å². The molecule has 1 amide bonds. The van der Waals surface area contributed by atoms with E-state index in [2.05, 4.69) is 4.74 Å².